The van der Waals surface area contributed by atoms with E-state index in [1.54, 1.807) is 0 Å². The van der Waals surface area contributed by atoms with Gasteiger partial charge >= 0.3 is 6.09 Å². The Morgan fingerprint density at radius 1 is 1.13 bits per heavy atom. The summed E-state index contributed by atoms with van der Waals surface area (Å²) in [6, 6.07) is 9.17. The van der Waals surface area contributed by atoms with Crippen molar-refractivity contribution in [3.63, 3.8) is 0 Å². The van der Waals surface area contributed by atoms with Crippen molar-refractivity contribution < 1.29 is 14.3 Å². The number of nitrogens with zero attached hydrogens (tertiary/aromatic N) is 1. The average Bonchev–Trinajstić information content (AvgIpc) is 3.06. The van der Waals surface area contributed by atoms with Crippen LogP contribution in [0.2, 0.25) is 0 Å². The van der Waals surface area contributed by atoms with Crippen LogP contribution in [0.1, 0.15) is 76.3 Å². The summed E-state index contributed by atoms with van der Waals surface area (Å²) in [5, 5.41) is 2.89. The van der Waals surface area contributed by atoms with E-state index in [9.17, 15) is 9.59 Å². The third-order valence-corrected chi connectivity index (χ3v) is 8.19. The molecule has 5 rings (SSSR count). The van der Waals surface area contributed by atoms with Crippen LogP contribution in [0.4, 0.5) is 4.79 Å². The maximum Gasteiger partial charge on any atom is 0.407 e. The largest absolute Gasteiger partial charge is 0.447 e. The zero-order valence-corrected chi connectivity index (χ0v) is 18.5. The summed E-state index contributed by atoms with van der Waals surface area (Å²) in [7, 11) is 0. The van der Waals surface area contributed by atoms with Gasteiger partial charge in [0.15, 0.2) is 0 Å². The van der Waals surface area contributed by atoms with E-state index in [2.05, 4.69) is 55.3 Å². The van der Waals surface area contributed by atoms with Crippen molar-refractivity contribution in [1.82, 2.24) is 10.2 Å². The van der Waals surface area contributed by atoms with E-state index in [1.807, 2.05) is 0 Å². The molecule has 0 bridgehead atoms. The third kappa shape index (κ3) is 3.40. The molecule has 0 radical (unpaired) electrons. The fourth-order valence-electron chi connectivity index (χ4n) is 6.12. The van der Waals surface area contributed by atoms with E-state index in [1.165, 1.54) is 24.0 Å². The molecular formula is C25H34N2O3. The number of hydrogen-bond donors (Lipinski definition) is 1. The molecular weight excluding hydrogens is 376 g/mol. The standard InChI is InChI=1S/C25H34N2O3/c1-23(2,3)20-6-4-5-17(11-20)18-12-24(13-18)7-9-27(10-8-24)21(28)19-14-25(15-19)16-30-22(29)26-25/h4-6,11,18-19H,7-10,12-16H2,1-3H3,(H,26,29). The highest BCUT2D eigenvalue weighted by molar-refractivity contribution is 5.81. The lowest BCUT2D eigenvalue weighted by Gasteiger charge is -2.53. The van der Waals surface area contributed by atoms with Crippen LogP contribution >= 0.6 is 0 Å². The highest BCUT2D eigenvalue weighted by Crippen LogP contribution is 2.57. The molecule has 2 saturated carbocycles. The Morgan fingerprint density at radius 3 is 2.43 bits per heavy atom. The SMILES string of the molecule is CC(C)(C)c1cccc(C2CC3(CCN(C(=O)C4CC5(COC(=O)N5)C4)CC3)C2)c1. The molecule has 2 spiro atoms. The summed E-state index contributed by atoms with van der Waals surface area (Å²) in [4.78, 5) is 26.3. The summed E-state index contributed by atoms with van der Waals surface area (Å²) >= 11 is 0. The number of carbonyl (C=O) groups is 2. The molecule has 1 aromatic rings. The molecule has 5 heteroatoms. The van der Waals surface area contributed by atoms with E-state index in [-0.39, 0.29) is 28.9 Å². The minimum Gasteiger partial charge on any atom is -0.447 e. The number of piperidine rings is 1. The van der Waals surface area contributed by atoms with Gasteiger partial charge in [-0.05, 0) is 66.4 Å². The van der Waals surface area contributed by atoms with Crippen LogP contribution in [0.3, 0.4) is 0 Å². The number of hydrogen-bond acceptors (Lipinski definition) is 3. The van der Waals surface area contributed by atoms with Crippen molar-refractivity contribution in [3.8, 4) is 0 Å². The van der Waals surface area contributed by atoms with Gasteiger partial charge in [0.2, 0.25) is 5.91 Å². The highest BCUT2D eigenvalue weighted by atomic mass is 16.6. The Kier molecular flexibility index (Phi) is 4.46. The summed E-state index contributed by atoms with van der Waals surface area (Å²) in [5.74, 6) is 1.01. The minimum atomic E-state index is -0.339. The Balaban J connectivity index is 1.12. The Morgan fingerprint density at radius 2 is 1.83 bits per heavy atom. The van der Waals surface area contributed by atoms with Crippen molar-refractivity contribution in [2.75, 3.05) is 19.7 Å². The molecule has 0 unspecified atom stereocenters. The number of likely N-dealkylation sites (tertiary alicyclic amines) is 1. The average molecular weight is 411 g/mol. The number of amides is 2. The molecule has 2 amide bonds. The Bertz CT molecular complexity index is 849. The molecule has 30 heavy (non-hydrogen) atoms. The van der Waals surface area contributed by atoms with Crippen molar-refractivity contribution in [2.24, 2.45) is 11.3 Å². The molecule has 2 aliphatic heterocycles. The second-order valence-electron chi connectivity index (χ2n) is 11.4. The summed E-state index contributed by atoms with van der Waals surface area (Å²) < 4.78 is 5.03. The van der Waals surface area contributed by atoms with Crippen LogP contribution in [0.25, 0.3) is 0 Å². The lowest BCUT2D eigenvalue weighted by atomic mass is 9.55. The maximum atomic E-state index is 12.9. The van der Waals surface area contributed by atoms with Crippen molar-refractivity contribution in [3.05, 3.63) is 35.4 Å². The number of rotatable bonds is 2. The summed E-state index contributed by atoms with van der Waals surface area (Å²) in [5.41, 5.74) is 3.27. The van der Waals surface area contributed by atoms with E-state index < -0.39 is 0 Å². The number of ether oxygens (including phenoxy) is 1. The molecule has 1 N–H and O–H groups in total. The van der Waals surface area contributed by atoms with Gasteiger partial charge < -0.3 is 15.0 Å². The second kappa shape index (κ2) is 6.73. The minimum absolute atomic E-state index is 0.0512. The summed E-state index contributed by atoms with van der Waals surface area (Å²) in [6.07, 6.45) is 5.90. The van der Waals surface area contributed by atoms with Gasteiger partial charge in [0.1, 0.15) is 6.61 Å². The monoisotopic (exact) mass is 410 g/mol. The maximum absolute atomic E-state index is 12.9. The second-order valence-corrected chi connectivity index (χ2v) is 11.4. The van der Waals surface area contributed by atoms with Crippen LogP contribution < -0.4 is 5.32 Å². The zero-order valence-electron chi connectivity index (χ0n) is 18.5. The predicted molar refractivity (Wildman–Crippen MR) is 115 cm³/mol. The van der Waals surface area contributed by atoms with Gasteiger partial charge in [0.25, 0.3) is 0 Å². The van der Waals surface area contributed by atoms with E-state index in [0.29, 0.717) is 17.9 Å². The lowest BCUT2D eigenvalue weighted by Crippen LogP contribution is -2.59. The van der Waals surface area contributed by atoms with E-state index >= 15 is 0 Å². The molecule has 0 aromatic heterocycles. The van der Waals surface area contributed by atoms with Gasteiger partial charge in [0.05, 0.1) is 5.54 Å². The molecule has 2 aliphatic carbocycles. The zero-order chi connectivity index (χ0) is 21.1. The van der Waals surface area contributed by atoms with E-state index in [4.69, 9.17) is 4.74 Å². The number of carbonyl (C=O) groups excluding carboxylic acids is 2. The topological polar surface area (TPSA) is 58.6 Å². The fraction of sp³-hybridized carbons (Fsp3) is 0.680. The first-order chi connectivity index (χ1) is 14.2. The molecule has 1 aromatic carbocycles. The van der Waals surface area contributed by atoms with Crippen LogP contribution in [0, 0.1) is 11.3 Å². The van der Waals surface area contributed by atoms with Gasteiger partial charge in [-0.15, -0.1) is 0 Å². The first kappa shape index (κ1) is 19.9. The molecule has 0 atom stereocenters. The van der Waals surface area contributed by atoms with Gasteiger partial charge in [-0.3, -0.25) is 4.79 Å². The van der Waals surface area contributed by atoms with Crippen LogP contribution in [-0.2, 0) is 14.9 Å². The normalized spacial score (nSPS) is 27.4. The molecule has 162 valence electrons. The van der Waals surface area contributed by atoms with E-state index in [0.717, 1.165) is 38.8 Å². The quantitative estimate of drug-likeness (QED) is 0.788. The van der Waals surface area contributed by atoms with Gasteiger partial charge in [-0.2, -0.15) is 0 Å². The number of nitrogens with one attached hydrogen (secondary N) is 1. The van der Waals surface area contributed by atoms with Crippen LogP contribution in [-0.4, -0.2) is 42.1 Å². The van der Waals surface area contributed by atoms with Gasteiger partial charge in [-0.25, -0.2) is 4.79 Å². The highest BCUT2D eigenvalue weighted by Gasteiger charge is 2.54. The van der Waals surface area contributed by atoms with Crippen molar-refractivity contribution in [2.45, 2.75) is 76.2 Å². The molecule has 4 fully saturated rings. The first-order valence-corrected chi connectivity index (χ1v) is 11.5. The smallest absolute Gasteiger partial charge is 0.407 e. The fourth-order valence-corrected chi connectivity index (χ4v) is 6.12. The Hall–Kier alpha value is -2.04. The number of alkyl carbamates (subject to hydrolysis) is 1. The molecule has 4 aliphatic rings. The molecule has 2 heterocycles. The molecule has 2 saturated heterocycles. The lowest BCUT2D eigenvalue weighted by molar-refractivity contribution is -0.144. The Labute approximate surface area is 179 Å². The van der Waals surface area contributed by atoms with Crippen LogP contribution in [0.5, 0.6) is 0 Å². The van der Waals surface area contributed by atoms with Crippen molar-refractivity contribution in [1.29, 1.82) is 0 Å². The first-order valence-electron chi connectivity index (χ1n) is 11.5. The summed E-state index contributed by atoms with van der Waals surface area (Å²) in [6.45, 7) is 9.02. The predicted octanol–water partition coefficient (Wildman–Crippen LogP) is 4.36. The number of benzene rings is 1. The van der Waals surface area contributed by atoms with Crippen LogP contribution in [0.15, 0.2) is 24.3 Å². The third-order valence-electron chi connectivity index (χ3n) is 8.19. The number of cyclic esters (lactones) is 1. The van der Waals surface area contributed by atoms with Gasteiger partial charge in [-0.1, -0.05) is 45.0 Å². The van der Waals surface area contributed by atoms with Gasteiger partial charge in [0, 0.05) is 19.0 Å². The van der Waals surface area contributed by atoms with Crippen molar-refractivity contribution >= 4 is 12.0 Å². The molecule has 5 nitrogen and oxygen atoms in total.